The number of sulfone groups is 1. The number of anilines is 1. The first-order valence-corrected chi connectivity index (χ1v) is 10.7. The topological polar surface area (TPSA) is 83.6 Å². The molecular formula is C18H24N2O4S. The van der Waals surface area contributed by atoms with Gasteiger partial charge >= 0.3 is 0 Å². The maximum atomic E-state index is 12.9. The number of hydrogen-bond donors (Lipinski definition) is 1. The Labute approximate surface area is 148 Å². The summed E-state index contributed by atoms with van der Waals surface area (Å²) in [6.07, 6.45) is 3.24. The van der Waals surface area contributed by atoms with Crippen molar-refractivity contribution < 1.29 is 18.0 Å². The van der Waals surface area contributed by atoms with Gasteiger partial charge in [-0.25, -0.2) is 8.42 Å². The fourth-order valence-electron chi connectivity index (χ4n) is 4.19. The summed E-state index contributed by atoms with van der Waals surface area (Å²) in [5.41, 5.74) is 1.06. The van der Waals surface area contributed by atoms with Crippen molar-refractivity contribution in [2.45, 2.75) is 44.1 Å². The molecule has 1 saturated heterocycles. The molecule has 2 amide bonds. The summed E-state index contributed by atoms with van der Waals surface area (Å²) in [6.45, 7) is 2.51. The average Bonchev–Trinajstić information content (AvgIpc) is 3.06. The number of nitrogens with zero attached hydrogens (tertiary/aromatic N) is 1. The zero-order chi connectivity index (χ0) is 18.2. The van der Waals surface area contributed by atoms with Gasteiger partial charge < -0.3 is 10.2 Å². The van der Waals surface area contributed by atoms with Crippen LogP contribution in [0.25, 0.3) is 0 Å². The Balaban J connectivity index is 1.93. The van der Waals surface area contributed by atoms with E-state index in [2.05, 4.69) is 5.32 Å². The highest BCUT2D eigenvalue weighted by Crippen LogP contribution is 2.49. The number of para-hydroxylation sites is 1. The first-order chi connectivity index (χ1) is 11.8. The second-order valence-corrected chi connectivity index (χ2v) is 9.25. The molecule has 0 radical (unpaired) electrons. The van der Waals surface area contributed by atoms with Crippen molar-refractivity contribution in [1.29, 1.82) is 0 Å². The lowest BCUT2D eigenvalue weighted by molar-refractivity contribution is -0.133. The third-order valence-corrected chi connectivity index (χ3v) is 6.27. The normalized spacial score (nSPS) is 25.3. The molecule has 2 aliphatic heterocycles. The molecule has 2 heterocycles. The molecular weight excluding hydrogens is 340 g/mol. The minimum Gasteiger partial charge on any atom is -0.338 e. The van der Waals surface area contributed by atoms with E-state index in [9.17, 15) is 18.0 Å². The highest BCUT2D eigenvalue weighted by atomic mass is 32.2. The molecule has 3 rings (SSSR count). The molecule has 2 atom stereocenters. The van der Waals surface area contributed by atoms with Gasteiger partial charge in [-0.15, -0.1) is 0 Å². The van der Waals surface area contributed by atoms with E-state index in [1.807, 2.05) is 31.2 Å². The summed E-state index contributed by atoms with van der Waals surface area (Å²) in [6, 6.07) is 7.42. The molecule has 25 heavy (non-hydrogen) atoms. The van der Waals surface area contributed by atoms with Gasteiger partial charge in [-0.2, -0.15) is 0 Å². The van der Waals surface area contributed by atoms with E-state index in [0.29, 0.717) is 19.4 Å². The second kappa shape index (κ2) is 6.44. The van der Waals surface area contributed by atoms with Gasteiger partial charge in [-0.1, -0.05) is 31.5 Å². The van der Waals surface area contributed by atoms with E-state index < -0.39 is 15.3 Å². The van der Waals surface area contributed by atoms with Gasteiger partial charge in [0.25, 0.3) is 0 Å². The number of amides is 2. The lowest BCUT2D eigenvalue weighted by atomic mass is 9.73. The second-order valence-electron chi connectivity index (χ2n) is 6.99. The van der Waals surface area contributed by atoms with Crippen molar-refractivity contribution in [3.8, 4) is 0 Å². The van der Waals surface area contributed by atoms with Crippen molar-refractivity contribution in [3.05, 3.63) is 29.8 Å². The first-order valence-electron chi connectivity index (χ1n) is 8.68. The standard InChI is InChI=1S/C18H24N2O4S/c1-3-6-15-18(13-7-4-5-8-14(13)19-17(18)22)10-11-20(15)16(21)9-12-25(2,23)24/h4-5,7-8,15H,3,6,9-12H2,1-2H3,(H,19,22)/t15-,18-/m0/s1. The van der Waals surface area contributed by atoms with Gasteiger partial charge in [0, 0.05) is 24.9 Å². The summed E-state index contributed by atoms with van der Waals surface area (Å²) in [7, 11) is -3.19. The number of hydrogen-bond acceptors (Lipinski definition) is 4. The molecule has 1 aromatic carbocycles. The van der Waals surface area contributed by atoms with Gasteiger partial charge in [0.15, 0.2) is 0 Å². The van der Waals surface area contributed by atoms with Gasteiger partial charge in [0.1, 0.15) is 9.84 Å². The third kappa shape index (κ3) is 3.05. The van der Waals surface area contributed by atoms with Crippen molar-refractivity contribution in [1.82, 2.24) is 4.90 Å². The van der Waals surface area contributed by atoms with Crippen molar-refractivity contribution >= 4 is 27.3 Å². The van der Waals surface area contributed by atoms with Gasteiger partial charge in [0.2, 0.25) is 11.8 Å². The molecule has 2 aliphatic rings. The molecule has 1 spiro atoms. The summed E-state index contributed by atoms with van der Waals surface area (Å²) < 4.78 is 22.8. The molecule has 0 saturated carbocycles. The van der Waals surface area contributed by atoms with E-state index >= 15 is 0 Å². The van der Waals surface area contributed by atoms with Crippen molar-refractivity contribution in [2.75, 3.05) is 23.9 Å². The molecule has 1 N–H and O–H groups in total. The van der Waals surface area contributed by atoms with Crippen LogP contribution >= 0.6 is 0 Å². The number of carbonyl (C=O) groups excluding carboxylic acids is 2. The summed E-state index contributed by atoms with van der Waals surface area (Å²) >= 11 is 0. The Morgan fingerprint density at radius 3 is 2.76 bits per heavy atom. The molecule has 136 valence electrons. The molecule has 0 aromatic heterocycles. The van der Waals surface area contributed by atoms with Crippen LogP contribution in [0.15, 0.2) is 24.3 Å². The van der Waals surface area contributed by atoms with E-state index in [-0.39, 0.29) is 30.0 Å². The Morgan fingerprint density at radius 2 is 2.08 bits per heavy atom. The fourth-order valence-corrected chi connectivity index (χ4v) is 4.74. The smallest absolute Gasteiger partial charge is 0.237 e. The number of carbonyl (C=O) groups is 2. The van der Waals surface area contributed by atoms with Crippen LogP contribution in [0.2, 0.25) is 0 Å². The predicted octanol–water partition coefficient (Wildman–Crippen LogP) is 1.71. The van der Waals surface area contributed by atoms with E-state index in [1.54, 1.807) is 4.90 Å². The maximum absolute atomic E-state index is 12.9. The molecule has 0 bridgehead atoms. The molecule has 1 fully saturated rings. The van der Waals surface area contributed by atoms with Crippen LogP contribution in [0.3, 0.4) is 0 Å². The van der Waals surface area contributed by atoms with Crippen LogP contribution in [0.1, 0.15) is 38.2 Å². The zero-order valence-corrected chi connectivity index (χ0v) is 15.4. The fraction of sp³-hybridized carbons (Fsp3) is 0.556. The Bertz CT molecular complexity index is 805. The predicted molar refractivity (Wildman–Crippen MR) is 96.1 cm³/mol. The molecule has 7 heteroatoms. The zero-order valence-electron chi connectivity index (χ0n) is 14.6. The van der Waals surface area contributed by atoms with Gasteiger partial charge in [0.05, 0.1) is 17.2 Å². The minimum atomic E-state index is -3.19. The number of nitrogens with one attached hydrogen (secondary N) is 1. The monoisotopic (exact) mass is 364 g/mol. The quantitative estimate of drug-likeness (QED) is 0.862. The summed E-state index contributed by atoms with van der Waals surface area (Å²) in [5.74, 6) is -0.389. The van der Waals surface area contributed by atoms with Crippen LogP contribution in [-0.4, -0.2) is 49.7 Å². The highest BCUT2D eigenvalue weighted by Gasteiger charge is 2.58. The number of benzene rings is 1. The first kappa shape index (κ1) is 17.9. The summed E-state index contributed by atoms with van der Waals surface area (Å²) in [5, 5.41) is 2.96. The van der Waals surface area contributed by atoms with Crippen molar-refractivity contribution in [3.63, 3.8) is 0 Å². The molecule has 0 aliphatic carbocycles. The Morgan fingerprint density at radius 1 is 1.36 bits per heavy atom. The van der Waals surface area contributed by atoms with Crippen LogP contribution in [0.5, 0.6) is 0 Å². The SMILES string of the molecule is CCC[C@@H]1N(C(=O)CCS(C)(=O)=O)CC[C@@]12C(=O)Nc1ccccc12. The van der Waals surface area contributed by atoms with Gasteiger partial charge in [-0.05, 0) is 24.5 Å². The van der Waals surface area contributed by atoms with Crippen LogP contribution in [0.4, 0.5) is 5.69 Å². The number of rotatable bonds is 5. The minimum absolute atomic E-state index is 0.0294. The highest BCUT2D eigenvalue weighted by molar-refractivity contribution is 7.90. The average molecular weight is 364 g/mol. The number of likely N-dealkylation sites (tertiary alicyclic amines) is 1. The Kier molecular flexibility index (Phi) is 4.62. The third-order valence-electron chi connectivity index (χ3n) is 5.32. The van der Waals surface area contributed by atoms with E-state index in [1.165, 1.54) is 0 Å². The van der Waals surface area contributed by atoms with E-state index in [0.717, 1.165) is 23.9 Å². The van der Waals surface area contributed by atoms with Crippen LogP contribution in [0, 0.1) is 0 Å². The summed E-state index contributed by atoms with van der Waals surface area (Å²) in [4.78, 5) is 27.3. The van der Waals surface area contributed by atoms with Crippen LogP contribution in [-0.2, 0) is 24.8 Å². The van der Waals surface area contributed by atoms with E-state index in [4.69, 9.17) is 0 Å². The van der Waals surface area contributed by atoms with Crippen LogP contribution < -0.4 is 5.32 Å². The largest absolute Gasteiger partial charge is 0.338 e. The van der Waals surface area contributed by atoms with Gasteiger partial charge in [-0.3, -0.25) is 9.59 Å². The lowest BCUT2D eigenvalue weighted by Crippen LogP contribution is -2.48. The molecule has 1 aromatic rings. The maximum Gasteiger partial charge on any atom is 0.237 e. The van der Waals surface area contributed by atoms with Crippen molar-refractivity contribution in [2.24, 2.45) is 0 Å². The Hall–Kier alpha value is -1.89. The lowest BCUT2D eigenvalue weighted by Gasteiger charge is -2.34. The molecule has 0 unspecified atom stereocenters. The number of fused-ring (bicyclic) bond motifs is 2. The molecule has 6 nitrogen and oxygen atoms in total.